The molecule has 0 atom stereocenters. The van der Waals surface area contributed by atoms with Crippen molar-refractivity contribution in [2.24, 2.45) is 0 Å². The average Bonchev–Trinajstić information content (AvgIpc) is 2.39. The van der Waals surface area contributed by atoms with Crippen LogP contribution in [0.5, 0.6) is 11.6 Å². The molecular formula is C14H15F2N3O. The number of benzene rings is 1. The minimum absolute atomic E-state index is 0.188. The Labute approximate surface area is 115 Å². The highest BCUT2D eigenvalue weighted by Gasteiger charge is 2.12. The molecule has 106 valence electrons. The third kappa shape index (κ3) is 3.01. The second kappa shape index (κ2) is 5.81. The zero-order valence-corrected chi connectivity index (χ0v) is 11.5. The highest BCUT2D eigenvalue weighted by molar-refractivity contribution is 5.49. The fourth-order valence-electron chi connectivity index (χ4n) is 1.69. The molecule has 6 heteroatoms. The molecule has 0 fully saturated rings. The van der Waals surface area contributed by atoms with E-state index in [1.165, 1.54) is 6.07 Å². The van der Waals surface area contributed by atoms with Gasteiger partial charge < -0.3 is 10.1 Å². The van der Waals surface area contributed by atoms with Crippen LogP contribution in [0.15, 0.2) is 18.2 Å². The molecule has 0 aliphatic rings. The number of ether oxygens (including phenoxy) is 1. The highest BCUT2D eigenvalue weighted by atomic mass is 19.2. The number of aromatic nitrogens is 2. The maximum atomic E-state index is 13.2. The van der Waals surface area contributed by atoms with Crippen LogP contribution in [0, 0.1) is 25.5 Å². The first-order valence-corrected chi connectivity index (χ1v) is 6.23. The van der Waals surface area contributed by atoms with Crippen molar-refractivity contribution in [2.45, 2.75) is 20.8 Å². The zero-order chi connectivity index (χ0) is 14.7. The molecule has 0 bridgehead atoms. The fraction of sp³-hybridized carbons (Fsp3) is 0.286. The molecule has 0 amide bonds. The molecule has 0 radical (unpaired) electrons. The van der Waals surface area contributed by atoms with Crippen molar-refractivity contribution in [1.29, 1.82) is 0 Å². The van der Waals surface area contributed by atoms with E-state index < -0.39 is 11.6 Å². The fourth-order valence-corrected chi connectivity index (χ4v) is 1.69. The molecule has 4 nitrogen and oxygen atoms in total. The average molecular weight is 279 g/mol. The van der Waals surface area contributed by atoms with Gasteiger partial charge in [-0.2, -0.15) is 4.98 Å². The smallest absolute Gasteiger partial charge is 0.227 e. The lowest BCUT2D eigenvalue weighted by Crippen LogP contribution is -2.06. The molecule has 0 aliphatic carbocycles. The van der Waals surface area contributed by atoms with Crippen LogP contribution >= 0.6 is 0 Å². The predicted molar refractivity (Wildman–Crippen MR) is 72.1 cm³/mol. The van der Waals surface area contributed by atoms with Crippen LogP contribution in [-0.4, -0.2) is 16.5 Å². The molecule has 1 aromatic heterocycles. The van der Waals surface area contributed by atoms with Crippen molar-refractivity contribution in [3.8, 4) is 11.6 Å². The Morgan fingerprint density at radius 3 is 2.55 bits per heavy atom. The number of nitrogens with zero attached hydrogens (tertiary/aromatic N) is 2. The van der Waals surface area contributed by atoms with Crippen molar-refractivity contribution < 1.29 is 13.5 Å². The van der Waals surface area contributed by atoms with Gasteiger partial charge in [-0.15, -0.1) is 0 Å². The number of hydrogen-bond acceptors (Lipinski definition) is 4. The van der Waals surface area contributed by atoms with E-state index in [0.29, 0.717) is 29.6 Å². The molecule has 1 aromatic carbocycles. The third-order valence-electron chi connectivity index (χ3n) is 2.66. The summed E-state index contributed by atoms with van der Waals surface area (Å²) in [6.07, 6.45) is 0. The minimum atomic E-state index is -0.960. The Morgan fingerprint density at radius 1 is 1.15 bits per heavy atom. The Hall–Kier alpha value is -2.24. The predicted octanol–water partition coefficient (Wildman–Crippen LogP) is 3.60. The van der Waals surface area contributed by atoms with Crippen LogP contribution in [0.2, 0.25) is 0 Å². The van der Waals surface area contributed by atoms with Crippen LogP contribution < -0.4 is 10.1 Å². The molecule has 1 N–H and O–H groups in total. The van der Waals surface area contributed by atoms with Crippen LogP contribution in [0.1, 0.15) is 18.3 Å². The molecular weight excluding hydrogens is 264 g/mol. The number of aryl methyl sites for hydroxylation is 1. The first-order valence-electron chi connectivity index (χ1n) is 6.23. The topological polar surface area (TPSA) is 47.0 Å². The van der Waals surface area contributed by atoms with E-state index in [1.54, 1.807) is 13.8 Å². The summed E-state index contributed by atoms with van der Waals surface area (Å²) in [5, 5.41) is 3.10. The first-order chi connectivity index (χ1) is 9.51. The maximum Gasteiger partial charge on any atom is 0.227 e. The molecule has 0 spiro atoms. The largest absolute Gasteiger partial charge is 0.438 e. The molecule has 1 heterocycles. The molecule has 0 saturated carbocycles. The highest BCUT2D eigenvalue weighted by Crippen LogP contribution is 2.27. The normalized spacial score (nSPS) is 10.4. The van der Waals surface area contributed by atoms with Gasteiger partial charge in [0.1, 0.15) is 17.4 Å². The van der Waals surface area contributed by atoms with Gasteiger partial charge in [-0.05, 0) is 32.9 Å². The van der Waals surface area contributed by atoms with E-state index in [4.69, 9.17) is 4.74 Å². The molecule has 0 saturated heterocycles. The van der Waals surface area contributed by atoms with Gasteiger partial charge in [0.2, 0.25) is 5.88 Å². The third-order valence-corrected chi connectivity index (χ3v) is 2.66. The number of nitrogens with one attached hydrogen (secondary N) is 1. The lowest BCUT2D eigenvalue weighted by atomic mass is 10.3. The quantitative estimate of drug-likeness (QED) is 0.929. The van der Waals surface area contributed by atoms with Gasteiger partial charge in [-0.1, -0.05) is 0 Å². The number of rotatable bonds is 4. The molecule has 0 aliphatic heterocycles. The van der Waals surface area contributed by atoms with Gasteiger partial charge in [0.25, 0.3) is 0 Å². The van der Waals surface area contributed by atoms with Crippen LogP contribution in [0.3, 0.4) is 0 Å². The molecule has 0 unspecified atom stereocenters. The summed E-state index contributed by atoms with van der Waals surface area (Å²) in [4.78, 5) is 8.43. The van der Waals surface area contributed by atoms with E-state index in [9.17, 15) is 8.78 Å². The van der Waals surface area contributed by atoms with Crippen molar-refractivity contribution in [1.82, 2.24) is 9.97 Å². The molecule has 2 rings (SSSR count). The number of anilines is 1. The summed E-state index contributed by atoms with van der Waals surface area (Å²) in [6, 6.07) is 3.35. The first kappa shape index (κ1) is 14.2. The van der Waals surface area contributed by atoms with Crippen LogP contribution in [-0.2, 0) is 0 Å². The van der Waals surface area contributed by atoms with Crippen LogP contribution in [0.25, 0.3) is 0 Å². The van der Waals surface area contributed by atoms with Gasteiger partial charge in [-0.25, -0.2) is 13.8 Å². The van der Waals surface area contributed by atoms with Crippen LogP contribution in [0.4, 0.5) is 14.6 Å². The Kier molecular flexibility index (Phi) is 4.12. The van der Waals surface area contributed by atoms with Gasteiger partial charge >= 0.3 is 0 Å². The van der Waals surface area contributed by atoms with E-state index >= 15 is 0 Å². The summed E-state index contributed by atoms with van der Waals surface area (Å²) >= 11 is 0. The zero-order valence-electron chi connectivity index (χ0n) is 11.5. The lowest BCUT2D eigenvalue weighted by Gasteiger charge is -2.12. The standard InChI is InChI=1S/C14H15F2N3O/c1-4-17-13-8(2)14(19-9(3)18-13)20-10-5-6-11(15)12(16)7-10/h5-7H,4H2,1-3H3,(H,17,18,19). The van der Waals surface area contributed by atoms with Crippen molar-refractivity contribution in [3.05, 3.63) is 41.2 Å². The monoisotopic (exact) mass is 279 g/mol. The van der Waals surface area contributed by atoms with E-state index in [1.807, 2.05) is 6.92 Å². The van der Waals surface area contributed by atoms with Gasteiger partial charge in [0, 0.05) is 12.6 Å². The van der Waals surface area contributed by atoms with Gasteiger partial charge in [0.05, 0.1) is 5.56 Å². The Bertz CT molecular complexity index is 632. The summed E-state index contributed by atoms with van der Waals surface area (Å²) in [5.41, 5.74) is 0.710. The van der Waals surface area contributed by atoms with Gasteiger partial charge in [-0.3, -0.25) is 0 Å². The molecule has 20 heavy (non-hydrogen) atoms. The second-order valence-electron chi connectivity index (χ2n) is 4.26. The SMILES string of the molecule is CCNc1nc(C)nc(Oc2ccc(F)c(F)c2)c1C. The summed E-state index contributed by atoms with van der Waals surface area (Å²) < 4.78 is 31.6. The Morgan fingerprint density at radius 2 is 1.90 bits per heavy atom. The summed E-state index contributed by atoms with van der Waals surface area (Å²) in [5.74, 6) is -0.173. The number of hydrogen-bond donors (Lipinski definition) is 1. The lowest BCUT2D eigenvalue weighted by molar-refractivity contribution is 0.442. The summed E-state index contributed by atoms with van der Waals surface area (Å²) in [7, 11) is 0. The van der Waals surface area contributed by atoms with E-state index in [-0.39, 0.29) is 5.75 Å². The van der Waals surface area contributed by atoms with Gasteiger partial charge in [0.15, 0.2) is 11.6 Å². The minimum Gasteiger partial charge on any atom is -0.438 e. The van der Waals surface area contributed by atoms with Crippen molar-refractivity contribution in [2.75, 3.05) is 11.9 Å². The van der Waals surface area contributed by atoms with Crippen molar-refractivity contribution >= 4 is 5.82 Å². The summed E-state index contributed by atoms with van der Waals surface area (Å²) in [6.45, 7) is 6.19. The number of halogens is 2. The van der Waals surface area contributed by atoms with Crippen molar-refractivity contribution in [3.63, 3.8) is 0 Å². The van der Waals surface area contributed by atoms with E-state index in [2.05, 4.69) is 15.3 Å². The Balaban J connectivity index is 2.35. The van der Waals surface area contributed by atoms with E-state index in [0.717, 1.165) is 12.1 Å². The molecule has 2 aromatic rings. The second-order valence-corrected chi connectivity index (χ2v) is 4.26. The maximum absolute atomic E-state index is 13.2.